The van der Waals surface area contributed by atoms with E-state index in [-0.39, 0.29) is 11.6 Å². The van der Waals surface area contributed by atoms with Gasteiger partial charge in [0, 0.05) is 19.0 Å². The zero-order valence-electron chi connectivity index (χ0n) is 9.66. The van der Waals surface area contributed by atoms with E-state index in [1.165, 1.54) is 6.07 Å². The van der Waals surface area contributed by atoms with Crippen LogP contribution in [0.3, 0.4) is 0 Å². The van der Waals surface area contributed by atoms with Gasteiger partial charge in [-0.05, 0) is 18.6 Å². The normalized spacial score (nSPS) is 12.4. The highest BCUT2D eigenvalue weighted by Gasteiger charge is 2.30. The van der Waals surface area contributed by atoms with E-state index < -0.39 is 21.6 Å². The second kappa shape index (κ2) is 5.55. The van der Waals surface area contributed by atoms with E-state index in [1.807, 2.05) is 0 Å². The summed E-state index contributed by atoms with van der Waals surface area (Å²) in [6.07, 6.45) is -2.16. The molecule has 0 aliphatic heterocycles. The Morgan fingerprint density at radius 3 is 2.44 bits per heavy atom. The molecular formula is C10H13F3N2O2S. The van der Waals surface area contributed by atoms with Crippen LogP contribution in [0.15, 0.2) is 18.3 Å². The first-order chi connectivity index (χ1) is 8.18. The van der Waals surface area contributed by atoms with Gasteiger partial charge in [-0.2, -0.15) is 13.2 Å². The summed E-state index contributed by atoms with van der Waals surface area (Å²) in [5.74, 6) is 0.317. The predicted molar refractivity (Wildman–Crippen MR) is 62.1 cm³/mol. The molecule has 0 atom stereocenters. The van der Waals surface area contributed by atoms with E-state index in [0.717, 1.165) is 18.5 Å². The minimum Gasteiger partial charge on any atom is -0.370 e. The van der Waals surface area contributed by atoms with Gasteiger partial charge >= 0.3 is 6.18 Å². The largest absolute Gasteiger partial charge is 0.417 e. The number of halogens is 3. The summed E-state index contributed by atoms with van der Waals surface area (Å²) in [5.41, 5.74) is -0.816. The average Bonchev–Trinajstić information content (AvgIpc) is 2.22. The lowest BCUT2D eigenvalue weighted by Gasteiger charge is -2.08. The zero-order chi connectivity index (χ0) is 13.8. The van der Waals surface area contributed by atoms with E-state index in [0.29, 0.717) is 13.0 Å². The summed E-state index contributed by atoms with van der Waals surface area (Å²) < 4.78 is 58.3. The summed E-state index contributed by atoms with van der Waals surface area (Å²) >= 11 is 0. The minimum absolute atomic E-state index is 0.0284. The number of nitrogens with one attached hydrogen (secondary N) is 1. The molecule has 1 N–H and O–H groups in total. The van der Waals surface area contributed by atoms with Crippen molar-refractivity contribution in [2.45, 2.75) is 12.6 Å². The van der Waals surface area contributed by atoms with Crippen molar-refractivity contribution in [2.24, 2.45) is 0 Å². The number of hydrogen-bond acceptors (Lipinski definition) is 4. The Labute approximate surface area is 103 Å². The fourth-order valence-corrected chi connectivity index (χ4v) is 1.89. The van der Waals surface area contributed by atoms with Crippen LogP contribution in [-0.2, 0) is 16.0 Å². The van der Waals surface area contributed by atoms with Gasteiger partial charge in [-0.1, -0.05) is 0 Å². The molecule has 1 heterocycles. The summed E-state index contributed by atoms with van der Waals surface area (Å²) in [6, 6.07) is 2.13. The molecule has 0 aromatic carbocycles. The molecule has 0 saturated heterocycles. The van der Waals surface area contributed by atoms with Crippen molar-refractivity contribution < 1.29 is 21.6 Å². The van der Waals surface area contributed by atoms with E-state index in [4.69, 9.17) is 0 Å². The van der Waals surface area contributed by atoms with Crippen molar-refractivity contribution in [2.75, 3.05) is 23.9 Å². The van der Waals surface area contributed by atoms with Gasteiger partial charge in [0.25, 0.3) is 0 Å². The van der Waals surface area contributed by atoms with Crippen molar-refractivity contribution in [1.82, 2.24) is 4.98 Å². The molecule has 1 rings (SSSR count). The summed E-state index contributed by atoms with van der Waals surface area (Å²) in [5, 5.41) is 2.75. The van der Waals surface area contributed by atoms with Gasteiger partial charge in [0.1, 0.15) is 15.7 Å². The highest BCUT2D eigenvalue weighted by atomic mass is 32.2. The maximum absolute atomic E-state index is 12.2. The number of anilines is 1. The highest BCUT2D eigenvalue weighted by Crippen LogP contribution is 2.28. The first kappa shape index (κ1) is 14.7. The van der Waals surface area contributed by atoms with Gasteiger partial charge < -0.3 is 5.32 Å². The third kappa shape index (κ3) is 5.35. The number of alkyl halides is 3. The first-order valence-electron chi connectivity index (χ1n) is 5.13. The van der Waals surface area contributed by atoms with Gasteiger partial charge in [0.2, 0.25) is 0 Å². The van der Waals surface area contributed by atoms with Crippen LogP contribution in [0, 0.1) is 0 Å². The predicted octanol–water partition coefficient (Wildman–Crippen LogP) is 1.95. The van der Waals surface area contributed by atoms with Crippen molar-refractivity contribution in [1.29, 1.82) is 0 Å². The number of aromatic nitrogens is 1. The Hall–Kier alpha value is -1.31. The third-order valence-electron chi connectivity index (χ3n) is 2.09. The maximum Gasteiger partial charge on any atom is 0.417 e. The topological polar surface area (TPSA) is 59.1 Å². The Balaban J connectivity index is 2.45. The fraction of sp³-hybridized carbons (Fsp3) is 0.500. The molecule has 1 aromatic rings. The van der Waals surface area contributed by atoms with Crippen LogP contribution < -0.4 is 5.32 Å². The van der Waals surface area contributed by atoms with Crippen LogP contribution in [0.2, 0.25) is 0 Å². The zero-order valence-corrected chi connectivity index (χ0v) is 10.5. The number of hydrogen-bond donors (Lipinski definition) is 1. The third-order valence-corrected chi connectivity index (χ3v) is 3.12. The quantitative estimate of drug-likeness (QED) is 0.839. The maximum atomic E-state index is 12.2. The van der Waals surface area contributed by atoms with Crippen molar-refractivity contribution >= 4 is 15.7 Å². The first-order valence-corrected chi connectivity index (χ1v) is 7.19. The monoisotopic (exact) mass is 282 g/mol. The SMILES string of the molecule is CS(=O)(=O)CCCNc1ccc(C(F)(F)F)cn1. The molecular weight excluding hydrogens is 269 g/mol. The molecule has 0 aliphatic rings. The van der Waals surface area contributed by atoms with Gasteiger partial charge in [0.15, 0.2) is 0 Å². The smallest absolute Gasteiger partial charge is 0.370 e. The van der Waals surface area contributed by atoms with Gasteiger partial charge in [-0.15, -0.1) is 0 Å². The van der Waals surface area contributed by atoms with Crippen LogP contribution in [-0.4, -0.2) is 32.0 Å². The number of rotatable bonds is 5. The molecule has 0 fully saturated rings. The lowest BCUT2D eigenvalue weighted by atomic mass is 10.3. The van der Waals surface area contributed by atoms with Crippen molar-refractivity contribution in [3.05, 3.63) is 23.9 Å². The molecule has 8 heteroatoms. The summed E-state index contributed by atoms with van der Waals surface area (Å²) in [6.45, 7) is 0.339. The molecule has 0 bridgehead atoms. The van der Waals surface area contributed by atoms with E-state index in [9.17, 15) is 21.6 Å². The molecule has 0 spiro atoms. The molecule has 4 nitrogen and oxygen atoms in total. The van der Waals surface area contributed by atoms with Gasteiger partial charge in [-0.25, -0.2) is 13.4 Å². The van der Waals surface area contributed by atoms with Crippen LogP contribution in [0.1, 0.15) is 12.0 Å². The van der Waals surface area contributed by atoms with Crippen molar-refractivity contribution in [3.63, 3.8) is 0 Å². The second-order valence-corrected chi connectivity index (χ2v) is 6.10. The highest BCUT2D eigenvalue weighted by molar-refractivity contribution is 7.90. The minimum atomic E-state index is -4.40. The van der Waals surface area contributed by atoms with Crippen LogP contribution >= 0.6 is 0 Å². The van der Waals surface area contributed by atoms with Gasteiger partial charge in [-0.3, -0.25) is 0 Å². The van der Waals surface area contributed by atoms with Crippen LogP contribution in [0.4, 0.5) is 19.0 Å². The Kier molecular flexibility index (Phi) is 4.55. The number of sulfone groups is 1. The van der Waals surface area contributed by atoms with E-state index >= 15 is 0 Å². The Morgan fingerprint density at radius 1 is 1.33 bits per heavy atom. The lowest BCUT2D eigenvalue weighted by molar-refractivity contribution is -0.137. The molecule has 102 valence electrons. The molecule has 0 radical (unpaired) electrons. The number of nitrogens with zero attached hydrogens (tertiary/aromatic N) is 1. The molecule has 0 amide bonds. The van der Waals surface area contributed by atoms with Crippen LogP contribution in [0.25, 0.3) is 0 Å². The Bertz CT molecular complexity index is 483. The molecule has 0 aliphatic carbocycles. The molecule has 1 aromatic heterocycles. The summed E-state index contributed by atoms with van der Waals surface area (Å²) in [7, 11) is -3.01. The number of pyridine rings is 1. The van der Waals surface area contributed by atoms with E-state index in [2.05, 4.69) is 10.3 Å². The fourth-order valence-electron chi connectivity index (χ4n) is 1.22. The average molecular weight is 282 g/mol. The van der Waals surface area contributed by atoms with Crippen molar-refractivity contribution in [3.8, 4) is 0 Å². The molecule has 18 heavy (non-hydrogen) atoms. The van der Waals surface area contributed by atoms with Crippen LogP contribution in [0.5, 0.6) is 0 Å². The second-order valence-electron chi connectivity index (χ2n) is 3.84. The van der Waals surface area contributed by atoms with E-state index in [1.54, 1.807) is 0 Å². The lowest BCUT2D eigenvalue weighted by Crippen LogP contribution is -2.11. The van der Waals surface area contributed by atoms with Gasteiger partial charge in [0.05, 0.1) is 11.3 Å². The standard InChI is InChI=1S/C10H13F3N2O2S/c1-18(16,17)6-2-5-14-9-4-3-8(7-15-9)10(11,12)13/h3-4,7H,2,5-6H2,1H3,(H,14,15). The molecule has 0 unspecified atom stereocenters. The Morgan fingerprint density at radius 2 is 2.00 bits per heavy atom. The summed E-state index contributed by atoms with van der Waals surface area (Å²) in [4.78, 5) is 3.60. The molecule has 0 saturated carbocycles.